The Bertz CT molecular complexity index is 839. The maximum atomic E-state index is 12.2. The Labute approximate surface area is 152 Å². The van der Waals surface area contributed by atoms with Gasteiger partial charge in [-0.3, -0.25) is 4.79 Å². The molecule has 0 fully saturated rings. The Morgan fingerprint density at radius 1 is 1.16 bits per heavy atom. The predicted molar refractivity (Wildman–Crippen MR) is 106 cm³/mol. The molecule has 5 heteroatoms. The normalized spacial score (nSPS) is 12.5. The summed E-state index contributed by atoms with van der Waals surface area (Å²) >= 11 is 1.58. The molecule has 0 spiro atoms. The van der Waals surface area contributed by atoms with Gasteiger partial charge in [-0.1, -0.05) is 38.1 Å². The summed E-state index contributed by atoms with van der Waals surface area (Å²) in [5.74, 6) is 1.75. The largest absolute Gasteiger partial charge is 0.341 e. The van der Waals surface area contributed by atoms with E-state index in [9.17, 15) is 4.79 Å². The quantitative estimate of drug-likeness (QED) is 0.647. The number of anilines is 1. The third-order valence-electron chi connectivity index (χ3n) is 4.09. The molecule has 2 N–H and O–H groups in total. The highest BCUT2D eigenvalue weighted by atomic mass is 32.2. The van der Waals surface area contributed by atoms with E-state index in [4.69, 9.17) is 0 Å². The molecule has 4 nitrogen and oxygen atoms in total. The van der Waals surface area contributed by atoms with E-state index in [-0.39, 0.29) is 11.2 Å². The first-order chi connectivity index (χ1) is 12.0. The molecular formula is C20H23N3OS. The zero-order valence-corrected chi connectivity index (χ0v) is 15.6. The van der Waals surface area contributed by atoms with Crippen LogP contribution >= 0.6 is 11.8 Å². The number of hydrogen-bond acceptors (Lipinski definition) is 3. The lowest BCUT2D eigenvalue weighted by atomic mass is 10.0. The smallest absolute Gasteiger partial charge is 0.234 e. The summed E-state index contributed by atoms with van der Waals surface area (Å²) in [5.41, 5.74) is 4.06. The zero-order valence-electron chi connectivity index (χ0n) is 14.7. The van der Waals surface area contributed by atoms with E-state index in [1.54, 1.807) is 11.8 Å². The summed E-state index contributed by atoms with van der Waals surface area (Å²) in [5, 5.41) is 3.11. The second-order valence-electron chi connectivity index (χ2n) is 6.42. The molecule has 0 saturated heterocycles. The van der Waals surface area contributed by atoms with Crippen LogP contribution in [-0.2, 0) is 4.79 Å². The molecule has 0 bridgehead atoms. The first-order valence-corrected chi connectivity index (χ1v) is 9.54. The average Bonchev–Trinajstić information content (AvgIpc) is 3.04. The lowest BCUT2D eigenvalue weighted by molar-refractivity contribution is -0.113. The molecule has 1 atom stereocenters. The van der Waals surface area contributed by atoms with E-state index in [1.165, 1.54) is 5.56 Å². The van der Waals surface area contributed by atoms with E-state index < -0.39 is 0 Å². The topological polar surface area (TPSA) is 57.8 Å². The van der Waals surface area contributed by atoms with E-state index in [0.29, 0.717) is 11.7 Å². The average molecular weight is 353 g/mol. The number of thioether (sulfide) groups is 1. The summed E-state index contributed by atoms with van der Waals surface area (Å²) in [4.78, 5) is 20.2. The van der Waals surface area contributed by atoms with Crippen LogP contribution in [0.4, 0.5) is 5.69 Å². The number of H-pyrrole nitrogens is 1. The van der Waals surface area contributed by atoms with Gasteiger partial charge in [0.1, 0.15) is 5.82 Å². The van der Waals surface area contributed by atoms with E-state index in [1.807, 2.05) is 42.5 Å². The SMILES string of the molecule is CC(C)c1cccc(NC(=O)CSC(C)c2nc3ccccc3[nH]2)c1. The van der Waals surface area contributed by atoms with Crippen molar-refractivity contribution in [1.82, 2.24) is 9.97 Å². The number of nitrogens with one attached hydrogen (secondary N) is 2. The fourth-order valence-corrected chi connectivity index (χ4v) is 3.36. The van der Waals surface area contributed by atoms with Crippen LogP contribution in [0, 0.1) is 0 Å². The van der Waals surface area contributed by atoms with E-state index >= 15 is 0 Å². The highest BCUT2D eigenvalue weighted by Gasteiger charge is 2.13. The van der Waals surface area contributed by atoms with Crippen LogP contribution in [0.5, 0.6) is 0 Å². The molecule has 2 aromatic carbocycles. The third-order valence-corrected chi connectivity index (χ3v) is 5.25. The fourth-order valence-electron chi connectivity index (χ4n) is 2.62. The Morgan fingerprint density at radius 3 is 2.72 bits per heavy atom. The Kier molecular flexibility index (Phi) is 5.43. The molecule has 1 aromatic heterocycles. The van der Waals surface area contributed by atoms with Gasteiger partial charge in [-0.25, -0.2) is 4.98 Å². The minimum atomic E-state index is 0.00821. The predicted octanol–water partition coefficient (Wildman–Crippen LogP) is 5.12. The van der Waals surface area contributed by atoms with Gasteiger partial charge in [0.15, 0.2) is 0 Å². The number of para-hydroxylation sites is 2. The van der Waals surface area contributed by atoms with Gasteiger partial charge in [-0.2, -0.15) is 0 Å². The maximum absolute atomic E-state index is 12.2. The number of carbonyl (C=O) groups is 1. The molecule has 130 valence electrons. The van der Waals surface area contributed by atoms with E-state index in [2.05, 4.69) is 42.1 Å². The van der Waals surface area contributed by atoms with Gasteiger partial charge < -0.3 is 10.3 Å². The molecule has 0 aliphatic rings. The lowest BCUT2D eigenvalue weighted by Gasteiger charge is -2.11. The maximum Gasteiger partial charge on any atom is 0.234 e. The van der Waals surface area contributed by atoms with Crippen LogP contribution in [0.3, 0.4) is 0 Å². The molecule has 1 heterocycles. The summed E-state index contributed by atoms with van der Waals surface area (Å²) in [7, 11) is 0. The van der Waals surface area contributed by atoms with Gasteiger partial charge in [0, 0.05) is 5.69 Å². The highest BCUT2D eigenvalue weighted by Crippen LogP contribution is 2.28. The summed E-state index contributed by atoms with van der Waals surface area (Å²) < 4.78 is 0. The molecule has 0 aliphatic heterocycles. The lowest BCUT2D eigenvalue weighted by Crippen LogP contribution is -2.15. The number of fused-ring (bicyclic) bond motifs is 1. The van der Waals surface area contributed by atoms with Crippen molar-refractivity contribution >= 4 is 34.4 Å². The van der Waals surface area contributed by atoms with Crippen molar-refractivity contribution in [3.63, 3.8) is 0 Å². The van der Waals surface area contributed by atoms with Crippen LogP contribution in [-0.4, -0.2) is 21.6 Å². The molecule has 3 aromatic rings. The second kappa shape index (κ2) is 7.74. The molecule has 0 radical (unpaired) electrons. The van der Waals surface area contributed by atoms with Crippen molar-refractivity contribution in [3.8, 4) is 0 Å². The van der Waals surface area contributed by atoms with Crippen molar-refractivity contribution in [3.05, 3.63) is 59.9 Å². The first-order valence-electron chi connectivity index (χ1n) is 8.49. The molecule has 25 heavy (non-hydrogen) atoms. The van der Waals surface area contributed by atoms with Crippen molar-refractivity contribution in [2.24, 2.45) is 0 Å². The number of benzene rings is 2. The van der Waals surface area contributed by atoms with Crippen molar-refractivity contribution in [2.75, 3.05) is 11.1 Å². The first kappa shape index (κ1) is 17.5. The molecule has 1 amide bonds. The fraction of sp³-hybridized carbons (Fsp3) is 0.300. The Balaban J connectivity index is 1.57. The van der Waals surface area contributed by atoms with Gasteiger partial charge in [-0.15, -0.1) is 11.8 Å². The number of aromatic amines is 1. The summed E-state index contributed by atoms with van der Waals surface area (Å²) in [6, 6.07) is 16.0. The second-order valence-corrected chi connectivity index (χ2v) is 7.75. The number of imidazole rings is 1. The molecule has 0 saturated carbocycles. The number of carbonyl (C=O) groups excluding carboxylic acids is 1. The van der Waals surface area contributed by atoms with Crippen LogP contribution in [0.1, 0.15) is 43.3 Å². The van der Waals surface area contributed by atoms with Gasteiger partial charge in [0.2, 0.25) is 5.91 Å². The standard InChI is InChI=1S/C20H23N3OS/c1-13(2)15-7-6-8-16(11-15)21-19(24)12-25-14(3)20-22-17-9-4-5-10-18(17)23-20/h4-11,13-14H,12H2,1-3H3,(H,21,24)(H,22,23). The molecular weight excluding hydrogens is 330 g/mol. The molecule has 0 aliphatic carbocycles. The number of nitrogens with zero attached hydrogens (tertiary/aromatic N) is 1. The summed E-state index contributed by atoms with van der Waals surface area (Å²) in [6.45, 7) is 6.35. The number of aromatic nitrogens is 2. The monoisotopic (exact) mass is 353 g/mol. The van der Waals surface area contributed by atoms with Crippen LogP contribution < -0.4 is 5.32 Å². The summed E-state index contributed by atoms with van der Waals surface area (Å²) in [6.07, 6.45) is 0. The number of amides is 1. The number of rotatable bonds is 6. The van der Waals surface area contributed by atoms with Gasteiger partial charge in [0.05, 0.1) is 22.0 Å². The minimum absolute atomic E-state index is 0.00821. The van der Waals surface area contributed by atoms with Gasteiger partial charge in [-0.05, 0) is 42.7 Å². The number of hydrogen-bond donors (Lipinski definition) is 2. The van der Waals surface area contributed by atoms with Crippen molar-refractivity contribution in [2.45, 2.75) is 31.9 Å². The zero-order chi connectivity index (χ0) is 17.8. The molecule has 3 rings (SSSR count). The van der Waals surface area contributed by atoms with E-state index in [0.717, 1.165) is 22.5 Å². The van der Waals surface area contributed by atoms with Crippen LogP contribution in [0.15, 0.2) is 48.5 Å². The van der Waals surface area contributed by atoms with Gasteiger partial charge >= 0.3 is 0 Å². The molecule has 1 unspecified atom stereocenters. The van der Waals surface area contributed by atoms with Crippen molar-refractivity contribution in [1.29, 1.82) is 0 Å². The van der Waals surface area contributed by atoms with Gasteiger partial charge in [0.25, 0.3) is 0 Å². The Morgan fingerprint density at radius 2 is 1.96 bits per heavy atom. The van der Waals surface area contributed by atoms with Crippen LogP contribution in [0.25, 0.3) is 11.0 Å². The Hall–Kier alpha value is -2.27. The van der Waals surface area contributed by atoms with Crippen LogP contribution in [0.2, 0.25) is 0 Å². The third kappa shape index (κ3) is 4.42. The minimum Gasteiger partial charge on any atom is -0.341 e. The highest BCUT2D eigenvalue weighted by molar-refractivity contribution is 8.00. The van der Waals surface area contributed by atoms with Crippen molar-refractivity contribution < 1.29 is 4.79 Å².